The van der Waals surface area contributed by atoms with Crippen molar-refractivity contribution in [1.29, 1.82) is 0 Å². The van der Waals surface area contributed by atoms with Crippen LogP contribution in [-0.4, -0.2) is 17.1 Å². The van der Waals surface area contributed by atoms with E-state index in [4.69, 9.17) is 21.1 Å². The molecule has 0 saturated heterocycles. The van der Waals surface area contributed by atoms with E-state index in [2.05, 4.69) is 15.3 Å². The molecule has 2 heterocycles. The summed E-state index contributed by atoms with van der Waals surface area (Å²) >= 11 is 5.79. The van der Waals surface area contributed by atoms with Crippen LogP contribution in [-0.2, 0) is 19.7 Å². The molecule has 2 aromatic heterocycles. The first-order chi connectivity index (χ1) is 12.7. The van der Waals surface area contributed by atoms with Gasteiger partial charge < -0.3 is 14.8 Å². The molecule has 134 valence electrons. The van der Waals surface area contributed by atoms with Gasteiger partial charge in [-0.25, -0.2) is 4.98 Å². The Labute approximate surface area is 158 Å². The molecule has 0 aliphatic heterocycles. The highest BCUT2D eigenvalue weighted by molar-refractivity contribution is 6.29. The molecule has 0 fully saturated rings. The predicted octanol–water partition coefficient (Wildman–Crippen LogP) is 4.01. The zero-order chi connectivity index (χ0) is 18.2. The third-order valence-electron chi connectivity index (χ3n) is 3.79. The lowest BCUT2D eigenvalue weighted by molar-refractivity contribution is 0.284. The summed E-state index contributed by atoms with van der Waals surface area (Å²) < 4.78 is 11.3. The zero-order valence-electron chi connectivity index (χ0n) is 14.5. The van der Waals surface area contributed by atoms with Gasteiger partial charge >= 0.3 is 0 Å². The average Bonchev–Trinajstić information content (AvgIpc) is 2.69. The summed E-state index contributed by atoms with van der Waals surface area (Å²) in [6.45, 7) is 1.89. The highest BCUT2D eigenvalue weighted by Crippen LogP contribution is 2.29. The van der Waals surface area contributed by atoms with Gasteiger partial charge in [0, 0.05) is 37.2 Å². The van der Waals surface area contributed by atoms with Crippen molar-refractivity contribution in [3.63, 3.8) is 0 Å². The predicted molar refractivity (Wildman–Crippen MR) is 101 cm³/mol. The molecular weight excluding hydrogens is 350 g/mol. The molecule has 0 radical (unpaired) electrons. The number of ether oxygens (including phenoxy) is 2. The number of aromatic nitrogens is 2. The van der Waals surface area contributed by atoms with Gasteiger partial charge in [0.15, 0.2) is 11.5 Å². The molecule has 0 aliphatic carbocycles. The second-order valence-corrected chi connectivity index (χ2v) is 6.12. The fraction of sp³-hybridized carbons (Fsp3) is 0.200. The molecule has 0 spiro atoms. The van der Waals surface area contributed by atoms with Gasteiger partial charge in [0.25, 0.3) is 0 Å². The number of hydrogen-bond donors (Lipinski definition) is 1. The third-order valence-corrected chi connectivity index (χ3v) is 4.02. The van der Waals surface area contributed by atoms with Crippen LogP contribution in [0.15, 0.2) is 61.1 Å². The van der Waals surface area contributed by atoms with Crippen molar-refractivity contribution in [2.24, 2.45) is 0 Å². The van der Waals surface area contributed by atoms with Crippen LogP contribution in [0, 0.1) is 0 Å². The minimum atomic E-state index is 0.402. The second kappa shape index (κ2) is 9.17. The van der Waals surface area contributed by atoms with E-state index in [1.165, 1.54) is 0 Å². The number of halogens is 1. The summed E-state index contributed by atoms with van der Waals surface area (Å²) in [6.07, 6.45) is 5.33. The van der Waals surface area contributed by atoms with Crippen molar-refractivity contribution in [1.82, 2.24) is 15.3 Å². The fourth-order valence-electron chi connectivity index (χ4n) is 2.45. The van der Waals surface area contributed by atoms with E-state index in [9.17, 15) is 0 Å². The molecule has 0 saturated carbocycles. The normalized spacial score (nSPS) is 10.5. The highest BCUT2D eigenvalue weighted by atomic mass is 35.5. The van der Waals surface area contributed by atoms with Crippen molar-refractivity contribution < 1.29 is 9.47 Å². The van der Waals surface area contributed by atoms with Crippen LogP contribution in [0.4, 0.5) is 0 Å². The number of hydrogen-bond acceptors (Lipinski definition) is 5. The minimum absolute atomic E-state index is 0.402. The first-order valence-electron chi connectivity index (χ1n) is 8.24. The minimum Gasteiger partial charge on any atom is -0.493 e. The van der Waals surface area contributed by atoms with E-state index in [1.54, 1.807) is 25.6 Å². The SMILES string of the molecule is COc1cc(CNCc2cccnc2)ccc1OCc1ccc(Cl)nc1. The summed E-state index contributed by atoms with van der Waals surface area (Å²) in [5, 5.41) is 3.86. The van der Waals surface area contributed by atoms with Gasteiger partial charge in [0.05, 0.1) is 7.11 Å². The molecule has 0 atom stereocenters. The molecule has 5 nitrogen and oxygen atoms in total. The number of nitrogens with zero attached hydrogens (tertiary/aromatic N) is 2. The number of methoxy groups -OCH3 is 1. The van der Waals surface area contributed by atoms with Gasteiger partial charge in [-0.15, -0.1) is 0 Å². The van der Waals surface area contributed by atoms with Gasteiger partial charge in [0.2, 0.25) is 0 Å². The molecular formula is C20H20ClN3O2. The topological polar surface area (TPSA) is 56.3 Å². The maximum absolute atomic E-state index is 5.85. The van der Waals surface area contributed by atoms with Gasteiger partial charge in [-0.05, 0) is 35.4 Å². The van der Waals surface area contributed by atoms with E-state index in [0.717, 1.165) is 29.8 Å². The van der Waals surface area contributed by atoms with E-state index in [1.807, 2.05) is 42.6 Å². The van der Waals surface area contributed by atoms with Crippen molar-refractivity contribution in [3.8, 4) is 11.5 Å². The highest BCUT2D eigenvalue weighted by Gasteiger charge is 2.07. The first kappa shape index (κ1) is 18.2. The lowest BCUT2D eigenvalue weighted by Crippen LogP contribution is -2.12. The molecule has 3 aromatic rings. The lowest BCUT2D eigenvalue weighted by atomic mass is 10.2. The lowest BCUT2D eigenvalue weighted by Gasteiger charge is -2.13. The second-order valence-electron chi connectivity index (χ2n) is 5.73. The molecule has 1 N–H and O–H groups in total. The van der Waals surface area contributed by atoms with Crippen LogP contribution in [0.1, 0.15) is 16.7 Å². The summed E-state index contributed by atoms with van der Waals surface area (Å²) in [4.78, 5) is 8.16. The Morgan fingerprint density at radius 1 is 0.962 bits per heavy atom. The molecule has 0 aliphatic rings. The Hall–Kier alpha value is -2.63. The zero-order valence-corrected chi connectivity index (χ0v) is 15.2. The quantitative estimate of drug-likeness (QED) is 0.608. The molecule has 0 unspecified atom stereocenters. The Morgan fingerprint density at radius 3 is 2.54 bits per heavy atom. The summed E-state index contributed by atoms with van der Waals surface area (Å²) in [5.41, 5.74) is 3.21. The van der Waals surface area contributed by atoms with Crippen molar-refractivity contribution in [2.45, 2.75) is 19.7 Å². The summed E-state index contributed by atoms with van der Waals surface area (Å²) in [5.74, 6) is 1.39. The maximum atomic E-state index is 5.85. The number of nitrogens with one attached hydrogen (secondary N) is 1. The van der Waals surface area contributed by atoms with E-state index >= 15 is 0 Å². The standard InChI is InChI=1S/C20H20ClN3O2/c1-25-19-9-15(10-23-12-16-3-2-8-22-11-16)4-6-18(19)26-14-17-5-7-20(21)24-13-17/h2-9,11,13,23H,10,12,14H2,1H3. The number of benzene rings is 1. The number of rotatable bonds is 8. The Balaban J connectivity index is 1.57. The first-order valence-corrected chi connectivity index (χ1v) is 8.62. The van der Waals surface area contributed by atoms with Gasteiger partial charge in [-0.3, -0.25) is 4.98 Å². The third kappa shape index (κ3) is 5.18. The Morgan fingerprint density at radius 2 is 1.81 bits per heavy atom. The Bertz CT molecular complexity index is 826. The monoisotopic (exact) mass is 369 g/mol. The van der Waals surface area contributed by atoms with Crippen molar-refractivity contribution in [3.05, 3.63) is 82.9 Å². The largest absolute Gasteiger partial charge is 0.493 e. The maximum Gasteiger partial charge on any atom is 0.161 e. The van der Waals surface area contributed by atoms with Crippen LogP contribution in [0.3, 0.4) is 0 Å². The van der Waals surface area contributed by atoms with Gasteiger partial charge in [-0.2, -0.15) is 0 Å². The molecule has 0 amide bonds. The van der Waals surface area contributed by atoms with Gasteiger partial charge in [-0.1, -0.05) is 29.8 Å². The van der Waals surface area contributed by atoms with Crippen LogP contribution >= 0.6 is 11.6 Å². The molecule has 3 rings (SSSR count). The van der Waals surface area contributed by atoms with Crippen LogP contribution in [0.2, 0.25) is 5.15 Å². The van der Waals surface area contributed by atoms with Crippen LogP contribution in [0.25, 0.3) is 0 Å². The van der Waals surface area contributed by atoms with Gasteiger partial charge in [0.1, 0.15) is 11.8 Å². The molecule has 26 heavy (non-hydrogen) atoms. The summed E-state index contributed by atoms with van der Waals surface area (Å²) in [7, 11) is 1.64. The van der Waals surface area contributed by atoms with E-state index in [0.29, 0.717) is 23.3 Å². The van der Waals surface area contributed by atoms with E-state index < -0.39 is 0 Å². The smallest absolute Gasteiger partial charge is 0.161 e. The van der Waals surface area contributed by atoms with Crippen molar-refractivity contribution >= 4 is 11.6 Å². The summed E-state index contributed by atoms with van der Waals surface area (Å²) in [6, 6.07) is 13.5. The van der Waals surface area contributed by atoms with Crippen LogP contribution < -0.4 is 14.8 Å². The van der Waals surface area contributed by atoms with Crippen LogP contribution in [0.5, 0.6) is 11.5 Å². The van der Waals surface area contributed by atoms with Crippen molar-refractivity contribution in [2.75, 3.05) is 7.11 Å². The fourth-order valence-corrected chi connectivity index (χ4v) is 2.56. The molecule has 1 aromatic carbocycles. The Kier molecular flexibility index (Phi) is 6.41. The molecule has 6 heteroatoms. The number of pyridine rings is 2. The van der Waals surface area contributed by atoms with E-state index in [-0.39, 0.29) is 0 Å². The average molecular weight is 370 g/mol. The molecule has 0 bridgehead atoms.